The SMILES string of the molecule is CC(C)OP(=O)(COCCn1cnc2ncnc(N=C(N)N)c21)OC(C)C. The van der Waals surface area contributed by atoms with Gasteiger partial charge in [0.2, 0.25) is 0 Å². The molecule has 2 rings (SSSR count). The second-order valence-corrected chi connectivity index (χ2v) is 8.20. The smallest absolute Gasteiger partial charge is 0.356 e. The molecular formula is C15H26N7O4P. The van der Waals surface area contributed by atoms with Gasteiger partial charge in [-0.1, -0.05) is 0 Å². The van der Waals surface area contributed by atoms with E-state index in [-0.39, 0.29) is 31.1 Å². The molecule has 11 nitrogen and oxygen atoms in total. The third-order valence-corrected chi connectivity index (χ3v) is 5.08. The highest BCUT2D eigenvalue weighted by atomic mass is 31.2. The molecule has 0 spiro atoms. The lowest BCUT2D eigenvalue weighted by atomic mass is 10.4. The molecule has 0 unspecified atom stereocenters. The molecule has 4 N–H and O–H groups in total. The lowest BCUT2D eigenvalue weighted by Crippen LogP contribution is -2.22. The Hall–Kier alpha value is -2.07. The number of guanidine groups is 1. The molecule has 0 bridgehead atoms. The van der Waals surface area contributed by atoms with Gasteiger partial charge in [0, 0.05) is 6.54 Å². The van der Waals surface area contributed by atoms with Gasteiger partial charge in [-0.3, -0.25) is 4.57 Å². The van der Waals surface area contributed by atoms with Gasteiger partial charge >= 0.3 is 7.60 Å². The molecule has 27 heavy (non-hydrogen) atoms. The molecule has 0 fully saturated rings. The quantitative estimate of drug-likeness (QED) is 0.263. The molecule has 12 heteroatoms. The Labute approximate surface area is 157 Å². The molecule has 0 aromatic carbocycles. The first kappa shape index (κ1) is 21.2. The van der Waals surface area contributed by atoms with Crippen LogP contribution in [0.4, 0.5) is 5.82 Å². The topological polar surface area (TPSA) is 153 Å². The first-order valence-corrected chi connectivity index (χ1v) is 10.2. The molecule has 0 aliphatic heterocycles. The first-order valence-electron chi connectivity index (χ1n) is 8.49. The number of aliphatic imine (C=N–C) groups is 1. The van der Waals surface area contributed by atoms with Crippen LogP contribution >= 0.6 is 7.60 Å². The maximum atomic E-state index is 12.7. The van der Waals surface area contributed by atoms with E-state index in [4.69, 9.17) is 25.3 Å². The molecule has 0 aliphatic carbocycles. The second-order valence-electron chi connectivity index (χ2n) is 6.30. The maximum Gasteiger partial charge on any atom is 0.356 e. The standard InChI is InChI=1S/C15H26N7O4P/c1-10(2)25-27(23,26-11(3)4)9-24-6-5-22-8-20-13-12(22)14(19-7-18-13)21-15(16)17/h7-8,10-11H,5-6,9H2,1-4H3,(H4,16,17,18,19,21). The number of ether oxygens (including phenoxy) is 1. The number of aromatic nitrogens is 4. The van der Waals surface area contributed by atoms with E-state index in [0.717, 1.165) is 0 Å². The van der Waals surface area contributed by atoms with Crippen molar-refractivity contribution in [2.45, 2.75) is 46.4 Å². The van der Waals surface area contributed by atoms with Crippen LogP contribution in [-0.4, -0.2) is 50.6 Å². The summed E-state index contributed by atoms with van der Waals surface area (Å²) in [6, 6.07) is 0. The third-order valence-electron chi connectivity index (χ3n) is 3.09. The van der Waals surface area contributed by atoms with E-state index in [1.807, 2.05) is 0 Å². The molecule has 0 radical (unpaired) electrons. The van der Waals surface area contributed by atoms with Gasteiger partial charge in [-0.15, -0.1) is 0 Å². The van der Waals surface area contributed by atoms with E-state index in [1.165, 1.54) is 6.33 Å². The molecule has 0 atom stereocenters. The lowest BCUT2D eigenvalue weighted by molar-refractivity contribution is 0.0961. The van der Waals surface area contributed by atoms with Gasteiger partial charge < -0.3 is 29.8 Å². The summed E-state index contributed by atoms with van der Waals surface area (Å²) in [7, 11) is -3.34. The van der Waals surface area contributed by atoms with Crippen molar-refractivity contribution < 1.29 is 18.3 Å². The fourth-order valence-corrected chi connectivity index (χ4v) is 4.14. The number of nitrogens with zero attached hydrogens (tertiary/aromatic N) is 5. The Morgan fingerprint density at radius 1 is 1.19 bits per heavy atom. The largest absolute Gasteiger partial charge is 0.370 e. The maximum absolute atomic E-state index is 12.7. The summed E-state index contributed by atoms with van der Waals surface area (Å²) in [5.74, 6) is 0.200. The van der Waals surface area contributed by atoms with Crippen LogP contribution in [0.25, 0.3) is 11.2 Å². The second kappa shape index (κ2) is 9.23. The Morgan fingerprint density at radius 2 is 1.85 bits per heavy atom. The molecule has 0 amide bonds. The van der Waals surface area contributed by atoms with Crippen molar-refractivity contribution in [3.63, 3.8) is 0 Å². The van der Waals surface area contributed by atoms with Crippen LogP contribution in [0.3, 0.4) is 0 Å². The molecule has 0 saturated carbocycles. The Balaban J connectivity index is 2.04. The summed E-state index contributed by atoms with van der Waals surface area (Å²) in [6.07, 6.45) is 2.29. The van der Waals surface area contributed by atoms with Gasteiger partial charge in [0.1, 0.15) is 18.2 Å². The minimum absolute atomic E-state index is 0.114. The number of imidazole rings is 1. The minimum atomic E-state index is -3.34. The highest BCUT2D eigenvalue weighted by Gasteiger charge is 2.28. The van der Waals surface area contributed by atoms with Crippen molar-refractivity contribution in [3.05, 3.63) is 12.7 Å². The van der Waals surface area contributed by atoms with Crippen molar-refractivity contribution in [2.24, 2.45) is 16.5 Å². The van der Waals surface area contributed by atoms with E-state index >= 15 is 0 Å². The molecule has 0 saturated heterocycles. The summed E-state index contributed by atoms with van der Waals surface area (Å²) < 4.78 is 30.9. The zero-order valence-electron chi connectivity index (χ0n) is 15.9. The van der Waals surface area contributed by atoms with Crippen molar-refractivity contribution in [3.8, 4) is 0 Å². The highest BCUT2D eigenvalue weighted by molar-refractivity contribution is 7.53. The number of hydrogen-bond donors (Lipinski definition) is 2. The van der Waals surface area contributed by atoms with Gasteiger partial charge in [0.15, 0.2) is 17.4 Å². The van der Waals surface area contributed by atoms with E-state index in [9.17, 15) is 4.57 Å². The number of rotatable bonds is 10. The van der Waals surface area contributed by atoms with Crippen LogP contribution in [0.5, 0.6) is 0 Å². The monoisotopic (exact) mass is 399 g/mol. The average molecular weight is 399 g/mol. The molecular weight excluding hydrogens is 373 g/mol. The third kappa shape index (κ3) is 6.24. The first-order chi connectivity index (χ1) is 12.7. The highest BCUT2D eigenvalue weighted by Crippen LogP contribution is 2.50. The van der Waals surface area contributed by atoms with Crippen LogP contribution < -0.4 is 11.5 Å². The van der Waals surface area contributed by atoms with Crippen LogP contribution in [0.1, 0.15) is 27.7 Å². The Morgan fingerprint density at radius 3 is 2.44 bits per heavy atom. The predicted molar refractivity (Wildman–Crippen MR) is 102 cm³/mol. The van der Waals surface area contributed by atoms with E-state index in [2.05, 4.69) is 19.9 Å². The number of fused-ring (bicyclic) bond motifs is 1. The molecule has 0 aliphatic rings. The van der Waals surface area contributed by atoms with Crippen LogP contribution in [0.15, 0.2) is 17.6 Å². The van der Waals surface area contributed by atoms with Crippen LogP contribution in [0, 0.1) is 0 Å². The van der Waals surface area contributed by atoms with E-state index < -0.39 is 7.60 Å². The number of nitrogens with two attached hydrogens (primary N) is 2. The number of hydrogen-bond acceptors (Lipinski definition) is 8. The van der Waals surface area contributed by atoms with Crippen molar-refractivity contribution >= 4 is 30.5 Å². The van der Waals surface area contributed by atoms with Gasteiger partial charge in [-0.25, -0.2) is 15.0 Å². The molecule has 150 valence electrons. The lowest BCUT2D eigenvalue weighted by Gasteiger charge is -2.22. The Kier molecular flexibility index (Phi) is 7.25. The molecule has 2 heterocycles. The van der Waals surface area contributed by atoms with Gasteiger partial charge in [0.05, 0.1) is 25.1 Å². The van der Waals surface area contributed by atoms with Crippen molar-refractivity contribution in [1.29, 1.82) is 0 Å². The van der Waals surface area contributed by atoms with E-state index in [0.29, 0.717) is 23.5 Å². The zero-order chi connectivity index (χ0) is 20.0. The zero-order valence-corrected chi connectivity index (χ0v) is 16.8. The van der Waals surface area contributed by atoms with Crippen LogP contribution in [-0.2, 0) is 24.9 Å². The summed E-state index contributed by atoms with van der Waals surface area (Å²) in [5, 5.41) is 0. The average Bonchev–Trinajstić information content (AvgIpc) is 2.93. The van der Waals surface area contributed by atoms with E-state index in [1.54, 1.807) is 38.6 Å². The summed E-state index contributed by atoms with van der Waals surface area (Å²) in [4.78, 5) is 16.3. The molecule has 2 aromatic rings. The van der Waals surface area contributed by atoms with Crippen molar-refractivity contribution in [2.75, 3.05) is 13.0 Å². The normalized spacial score (nSPS) is 12.2. The minimum Gasteiger partial charge on any atom is -0.370 e. The van der Waals surface area contributed by atoms with Gasteiger partial charge in [-0.2, -0.15) is 4.99 Å². The fraction of sp³-hybridized carbons (Fsp3) is 0.600. The fourth-order valence-electron chi connectivity index (χ4n) is 2.34. The summed E-state index contributed by atoms with van der Waals surface area (Å²) in [5.41, 5.74) is 11.9. The Bertz CT molecular complexity index is 819. The van der Waals surface area contributed by atoms with Crippen molar-refractivity contribution in [1.82, 2.24) is 19.5 Å². The summed E-state index contributed by atoms with van der Waals surface area (Å²) >= 11 is 0. The molecule has 2 aromatic heterocycles. The van der Waals surface area contributed by atoms with Crippen LogP contribution in [0.2, 0.25) is 0 Å². The van der Waals surface area contributed by atoms with Gasteiger partial charge in [-0.05, 0) is 27.7 Å². The predicted octanol–water partition coefficient (Wildman–Crippen LogP) is 1.75. The summed E-state index contributed by atoms with van der Waals surface area (Å²) in [6.45, 7) is 7.81. The van der Waals surface area contributed by atoms with Gasteiger partial charge in [0.25, 0.3) is 0 Å².